The lowest BCUT2D eigenvalue weighted by Gasteiger charge is -2.30. The van der Waals surface area contributed by atoms with Gasteiger partial charge in [-0.15, -0.1) is 11.3 Å². The second kappa shape index (κ2) is 5.44. The van der Waals surface area contributed by atoms with E-state index in [0.717, 1.165) is 30.0 Å². The van der Waals surface area contributed by atoms with Crippen LogP contribution >= 0.6 is 11.3 Å². The highest BCUT2D eigenvalue weighted by Crippen LogP contribution is 2.37. The van der Waals surface area contributed by atoms with Gasteiger partial charge in [-0.05, 0) is 38.3 Å². The standard InChI is InChI=1S/C15H18N4OS/c1-9-18-11-4-3-5-13(14(11)21-9)19(2)15(20)12-7-6-10(16)8-17-12/h6-8,13H,3-5,16H2,1-2H3. The van der Waals surface area contributed by atoms with Crippen LogP contribution in [-0.2, 0) is 6.42 Å². The Bertz CT molecular complexity index is 665. The second-order valence-electron chi connectivity index (χ2n) is 5.34. The number of aryl methyl sites for hydroxylation is 2. The Labute approximate surface area is 127 Å². The van der Waals surface area contributed by atoms with E-state index in [4.69, 9.17) is 5.73 Å². The SMILES string of the molecule is Cc1nc2c(s1)C(N(C)C(=O)c1ccc(N)cn1)CCC2. The van der Waals surface area contributed by atoms with Crippen LogP contribution in [0, 0.1) is 6.92 Å². The molecule has 21 heavy (non-hydrogen) atoms. The largest absolute Gasteiger partial charge is 0.397 e. The zero-order valence-electron chi connectivity index (χ0n) is 12.2. The number of carbonyl (C=O) groups excluding carboxylic acids is 1. The normalized spacial score (nSPS) is 17.3. The van der Waals surface area contributed by atoms with Gasteiger partial charge in [-0.3, -0.25) is 4.79 Å². The number of nitrogen functional groups attached to an aromatic ring is 1. The number of nitrogens with zero attached hydrogens (tertiary/aromatic N) is 3. The summed E-state index contributed by atoms with van der Waals surface area (Å²) in [5, 5.41) is 1.07. The summed E-state index contributed by atoms with van der Waals surface area (Å²) in [5.74, 6) is -0.0705. The van der Waals surface area contributed by atoms with Crippen LogP contribution in [0.1, 0.15) is 45.0 Å². The molecule has 0 radical (unpaired) electrons. The molecule has 1 unspecified atom stereocenters. The summed E-state index contributed by atoms with van der Waals surface area (Å²) in [4.78, 5) is 24.3. The zero-order valence-corrected chi connectivity index (χ0v) is 13.0. The number of rotatable bonds is 2. The first-order chi connectivity index (χ1) is 10.1. The Balaban J connectivity index is 1.87. The Kier molecular flexibility index (Phi) is 3.63. The maximum atomic E-state index is 12.6. The molecule has 2 N–H and O–H groups in total. The summed E-state index contributed by atoms with van der Waals surface area (Å²) >= 11 is 1.70. The lowest BCUT2D eigenvalue weighted by atomic mass is 9.97. The molecule has 110 valence electrons. The minimum absolute atomic E-state index is 0.0705. The summed E-state index contributed by atoms with van der Waals surface area (Å²) in [6.07, 6.45) is 4.57. The van der Waals surface area contributed by atoms with Crippen LogP contribution in [0.5, 0.6) is 0 Å². The van der Waals surface area contributed by atoms with Crippen LogP contribution in [-0.4, -0.2) is 27.8 Å². The molecule has 2 aromatic heterocycles. The predicted octanol–water partition coefficient (Wildman–Crippen LogP) is 2.58. The van der Waals surface area contributed by atoms with Crippen molar-refractivity contribution in [2.24, 2.45) is 0 Å². The van der Waals surface area contributed by atoms with Crippen molar-refractivity contribution in [1.82, 2.24) is 14.9 Å². The predicted molar refractivity (Wildman–Crippen MR) is 83.3 cm³/mol. The highest BCUT2D eigenvalue weighted by atomic mass is 32.1. The molecule has 1 aliphatic rings. The van der Waals surface area contributed by atoms with E-state index < -0.39 is 0 Å². The Morgan fingerprint density at radius 2 is 2.29 bits per heavy atom. The van der Waals surface area contributed by atoms with Gasteiger partial charge in [-0.2, -0.15) is 0 Å². The number of nitrogens with two attached hydrogens (primary N) is 1. The van der Waals surface area contributed by atoms with E-state index in [2.05, 4.69) is 9.97 Å². The van der Waals surface area contributed by atoms with E-state index in [1.807, 2.05) is 14.0 Å². The monoisotopic (exact) mass is 302 g/mol. The number of fused-ring (bicyclic) bond motifs is 1. The van der Waals surface area contributed by atoms with Crippen molar-refractivity contribution in [2.75, 3.05) is 12.8 Å². The van der Waals surface area contributed by atoms with Crippen molar-refractivity contribution in [3.63, 3.8) is 0 Å². The van der Waals surface area contributed by atoms with Gasteiger partial charge in [-0.1, -0.05) is 0 Å². The van der Waals surface area contributed by atoms with Crippen molar-refractivity contribution in [2.45, 2.75) is 32.2 Å². The quantitative estimate of drug-likeness (QED) is 0.925. The molecule has 0 saturated carbocycles. The average Bonchev–Trinajstić information content (AvgIpc) is 2.86. The van der Waals surface area contributed by atoms with Crippen molar-refractivity contribution in [3.05, 3.63) is 39.6 Å². The third kappa shape index (κ3) is 2.63. The summed E-state index contributed by atoms with van der Waals surface area (Å²) in [6.45, 7) is 2.02. The molecule has 3 rings (SSSR count). The molecule has 2 heterocycles. The highest BCUT2D eigenvalue weighted by Gasteiger charge is 2.30. The minimum Gasteiger partial charge on any atom is -0.397 e. The Hall–Kier alpha value is -1.95. The van der Waals surface area contributed by atoms with E-state index in [-0.39, 0.29) is 11.9 Å². The van der Waals surface area contributed by atoms with Gasteiger partial charge in [0.1, 0.15) is 5.69 Å². The molecule has 0 fully saturated rings. The van der Waals surface area contributed by atoms with Crippen LogP contribution in [0.3, 0.4) is 0 Å². The smallest absolute Gasteiger partial charge is 0.272 e. The maximum absolute atomic E-state index is 12.6. The molecule has 0 aliphatic heterocycles. The topological polar surface area (TPSA) is 72.1 Å². The van der Waals surface area contributed by atoms with Gasteiger partial charge in [0.2, 0.25) is 0 Å². The fourth-order valence-electron chi connectivity index (χ4n) is 2.74. The van der Waals surface area contributed by atoms with Crippen LogP contribution in [0.15, 0.2) is 18.3 Å². The maximum Gasteiger partial charge on any atom is 0.272 e. The molecule has 0 saturated heterocycles. The Morgan fingerprint density at radius 3 is 3.00 bits per heavy atom. The number of hydrogen-bond acceptors (Lipinski definition) is 5. The number of hydrogen-bond donors (Lipinski definition) is 1. The Morgan fingerprint density at radius 1 is 1.48 bits per heavy atom. The first-order valence-electron chi connectivity index (χ1n) is 7.01. The number of pyridine rings is 1. The molecule has 6 heteroatoms. The molecule has 1 atom stereocenters. The summed E-state index contributed by atoms with van der Waals surface area (Å²) in [7, 11) is 1.84. The third-order valence-electron chi connectivity index (χ3n) is 3.82. The molecular formula is C15H18N4OS. The molecule has 2 aromatic rings. The first kappa shape index (κ1) is 14.0. The lowest BCUT2D eigenvalue weighted by molar-refractivity contribution is 0.0712. The molecule has 1 amide bonds. The number of amides is 1. The number of anilines is 1. The van der Waals surface area contributed by atoms with Crippen LogP contribution < -0.4 is 5.73 Å². The van der Waals surface area contributed by atoms with E-state index >= 15 is 0 Å². The van der Waals surface area contributed by atoms with Gasteiger partial charge in [0.15, 0.2) is 0 Å². The van der Waals surface area contributed by atoms with E-state index in [9.17, 15) is 4.79 Å². The molecule has 0 bridgehead atoms. The molecular weight excluding hydrogens is 284 g/mol. The van der Waals surface area contributed by atoms with Gasteiger partial charge in [0.25, 0.3) is 5.91 Å². The second-order valence-corrected chi connectivity index (χ2v) is 6.58. The van der Waals surface area contributed by atoms with Crippen LogP contribution in [0.4, 0.5) is 5.69 Å². The van der Waals surface area contributed by atoms with Crippen molar-refractivity contribution < 1.29 is 4.79 Å². The fourth-order valence-corrected chi connectivity index (χ4v) is 3.89. The van der Waals surface area contributed by atoms with Gasteiger partial charge in [-0.25, -0.2) is 9.97 Å². The number of aromatic nitrogens is 2. The zero-order chi connectivity index (χ0) is 15.0. The van der Waals surface area contributed by atoms with Crippen LogP contribution in [0.2, 0.25) is 0 Å². The van der Waals surface area contributed by atoms with Gasteiger partial charge in [0, 0.05) is 7.05 Å². The number of carbonyl (C=O) groups is 1. The minimum atomic E-state index is -0.0705. The third-order valence-corrected chi connectivity index (χ3v) is 4.94. The van der Waals surface area contributed by atoms with Gasteiger partial charge < -0.3 is 10.6 Å². The average molecular weight is 302 g/mol. The molecule has 5 nitrogen and oxygen atoms in total. The molecule has 1 aliphatic carbocycles. The van der Waals surface area contributed by atoms with Gasteiger partial charge >= 0.3 is 0 Å². The van der Waals surface area contributed by atoms with E-state index in [1.165, 1.54) is 11.1 Å². The highest BCUT2D eigenvalue weighted by molar-refractivity contribution is 7.11. The summed E-state index contributed by atoms with van der Waals surface area (Å²) in [5.41, 5.74) is 7.76. The van der Waals surface area contributed by atoms with Crippen molar-refractivity contribution in [3.8, 4) is 0 Å². The van der Waals surface area contributed by atoms with Crippen molar-refractivity contribution in [1.29, 1.82) is 0 Å². The van der Waals surface area contributed by atoms with Gasteiger partial charge in [0.05, 0.1) is 33.5 Å². The summed E-state index contributed by atoms with van der Waals surface area (Å²) in [6, 6.07) is 3.49. The van der Waals surface area contributed by atoms with E-state index in [1.54, 1.807) is 28.4 Å². The summed E-state index contributed by atoms with van der Waals surface area (Å²) < 4.78 is 0. The first-order valence-corrected chi connectivity index (χ1v) is 7.83. The molecule has 0 aromatic carbocycles. The number of thiazole rings is 1. The van der Waals surface area contributed by atoms with Crippen molar-refractivity contribution >= 4 is 22.9 Å². The lowest BCUT2D eigenvalue weighted by Crippen LogP contribution is -2.33. The van der Waals surface area contributed by atoms with E-state index in [0.29, 0.717) is 11.4 Å². The fraction of sp³-hybridized carbons (Fsp3) is 0.400. The molecule has 0 spiro atoms. The van der Waals surface area contributed by atoms with Crippen LogP contribution in [0.25, 0.3) is 0 Å².